The summed E-state index contributed by atoms with van der Waals surface area (Å²) in [7, 11) is 1.84. The van der Waals surface area contributed by atoms with Crippen LogP contribution in [0, 0.1) is 5.92 Å². The number of rotatable bonds is 7. The van der Waals surface area contributed by atoms with Crippen molar-refractivity contribution >= 4 is 11.9 Å². The van der Waals surface area contributed by atoms with Crippen LogP contribution in [0.4, 0.5) is 0 Å². The zero-order chi connectivity index (χ0) is 15.1. The number of carboxylic acid groups (broad SMARTS) is 1. The number of piperidine rings is 1. The van der Waals surface area contributed by atoms with E-state index in [1.165, 1.54) is 0 Å². The summed E-state index contributed by atoms with van der Waals surface area (Å²) in [5.74, 6) is -0.245. The second-order valence-corrected chi connectivity index (χ2v) is 5.87. The van der Waals surface area contributed by atoms with Gasteiger partial charge in [0.1, 0.15) is 0 Å². The van der Waals surface area contributed by atoms with Crippen LogP contribution in [0.3, 0.4) is 0 Å². The molecule has 1 saturated heterocycles. The minimum Gasteiger partial charge on any atom is -0.480 e. The van der Waals surface area contributed by atoms with Crippen LogP contribution >= 0.6 is 0 Å². The van der Waals surface area contributed by atoms with Crippen molar-refractivity contribution in [2.75, 3.05) is 39.8 Å². The minimum absolute atomic E-state index is 0.00547. The number of amides is 1. The number of hydrogen-bond donors (Lipinski definition) is 2. The highest BCUT2D eigenvalue weighted by Gasteiger charge is 2.23. The summed E-state index contributed by atoms with van der Waals surface area (Å²) in [5, 5.41) is 11.6. The van der Waals surface area contributed by atoms with Gasteiger partial charge in [-0.1, -0.05) is 0 Å². The normalized spacial score (nSPS) is 20.1. The summed E-state index contributed by atoms with van der Waals surface area (Å²) in [4.78, 5) is 26.5. The first-order valence-corrected chi connectivity index (χ1v) is 7.30. The number of nitrogens with one attached hydrogen (secondary N) is 1. The SMILES string of the molecule is CC(C)N(C)C(=O)CN1CCCC(CNCC(=O)O)C1. The van der Waals surface area contributed by atoms with E-state index in [4.69, 9.17) is 5.11 Å². The van der Waals surface area contributed by atoms with Crippen LogP contribution in [0.25, 0.3) is 0 Å². The molecule has 6 nitrogen and oxygen atoms in total. The van der Waals surface area contributed by atoms with Gasteiger partial charge in [-0.25, -0.2) is 0 Å². The lowest BCUT2D eigenvalue weighted by atomic mass is 9.98. The Labute approximate surface area is 121 Å². The first kappa shape index (κ1) is 16.9. The maximum Gasteiger partial charge on any atom is 0.317 e. The highest BCUT2D eigenvalue weighted by molar-refractivity contribution is 5.78. The van der Waals surface area contributed by atoms with E-state index in [0.717, 1.165) is 25.9 Å². The number of carboxylic acids is 1. The van der Waals surface area contributed by atoms with Crippen LogP contribution in [0.2, 0.25) is 0 Å². The van der Waals surface area contributed by atoms with Crippen LogP contribution in [0.1, 0.15) is 26.7 Å². The van der Waals surface area contributed by atoms with Crippen molar-refractivity contribution in [1.29, 1.82) is 0 Å². The number of likely N-dealkylation sites (tertiary alicyclic amines) is 1. The fraction of sp³-hybridized carbons (Fsp3) is 0.857. The molecule has 1 unspecified atom stereocenters. The molecule has 0 aromatic rings. The van der Waals surface area contributed by atoms with Crippen LogP contribution in [0.15, 0.2) is 0 Å². The molecule has 0 aromatic heterocycles. The summed E-state index contributed by atoms with van der Waals surface area (Å²) in [5.41, 5.74) is 0. The third kappa shape index (κ3) is 5.88. The minimum atomic E-state index is -0.827. The van der Waals surface area contributed by atoms with Crippen LogP contribution in [-0.2, 0) is 9.59 Å². The summed E-state index contributed by atoms with van der Waals surface area (Å²) in [6, 6.07) is 0.223. The molecular weight excluding hydrogens is 258 g/mol. The van der Waals surface area contributed by atoms with Gasteiger partial charge < -0.3 is 15.3 Å². The highest BCUT2D eigenvalue weighted by Crippen LogP contribution is 2.15. The van der Waals surface area contributed by atoms with Crippen molar-refractivity contribution in [3.8, 4) is 0 Å². The summed E-state index contributed by atoms with van der Waals surface area (Å²) < 4.78 is 0. The number of aliphatic carboxylic acids is 1. The predicted molar refractivity (Wildman–Crippen MR) is 77.6 cm³/mol. The zero-order valence-corrected chi connectivity index (χ0v) is 12.8. The molecule has 1 heterocycles. The number of hydrogen-bond acceptors (Lipinski definition) is 4. The van der Waals surface area contributed by atoms with Gasteiger partial charge in [0, 0.05) is 19.6 Å². The van der Waals surface area contributed by atoms with Gasteiger partial charge in [-0.3, -0.25) is 14.5 Å². The molecule has 1 aliphatic rings. The number of carbonyl (C=O) groups is 2. The number of nitrogens with zero attached hydrogens (tertiary/aromatic N) is 2. The van der Waals surface area contributed by atoms with Crippen molar-refractivity contribution < 1.29 is 14.7 Å². The first-order chi connectivity index (χ1) is 9.40. The molecule has 1 fully saturated rings. The average Bonchev–Trinajstić information content (AvgIpc) is 2.37. The zero-order valence-electron chi connectivity index (χ0n) is 12.8. The molecule has 0 aromatic carbocycles. The van der Waals surface area contributed by atoms with E-state index in [0.29, 0.717) is 19.0 Å². The molecule has 2 N–H and O–H groups in total. The lowest BCUT2D eigenvalue weighted by Gasteiger charge is -2.34. The first-order valence-electron chi connectivity index (χ1n) is 7.30. The van der Waals surface area contributed by atoms with Crippen LogP contribution in [-0.4, -0.2) is 72.6 Å². The Morgan fingerprint density at radius 1 is 1.45 bits per heavy atom. The molecule has 20 heavy (non-hydrogen) atoms. The second kappa shape index (κ2) is 8.21. The van der Waals surface area contributed by atoms with Crippen LogP contribution < -0.4 is 5.32 Å². The molecule has 1 aliphatic heterocycles. The van der Waals surface area contributed by atoms with Gasteiger partial charge in [-0.05, 0) is 45.7 Å². The summed E-state index contributed by atoms with van der Waals surface area (Å²) in [6.07, 6.45) is 2.16. The molecule has 0 aliphatic carbocycles. The van der Waals surface area contributed by atoms with E-state index in [2.05, 4.69) is 10.2 Å². The van der Waals surface area contributed by atoms with Gasteiger partial charge in [0.15, 0.2) is 0 Å². The van der Waals surface area contributed by atoms with Gasteiger partial charge in [-0.15, -0.1) is 0 Å². The maximum absolute atomic E-state index is 12.1. The third-order valence-electron chi connectivity index (χ3n) is 3.84. The van der Waals surface area contributed by atoms with Crippen molar-refractivity contribution in [1.82, 2.24) is 15.1 Å². The van der Waals surface area contributed by atoms with Crippen molar-refractivity contribution in [2.24, 2.45) is 5.92 Å². The third-order valence-corrected chi connectivity index (χ3v) is 3.84. The number of carbonyl (C=O) groups excluding carboxylic acids is 1. The highest BCUT2D eigenvalue weighted by atomic mass is 16.4. The molecule has 1 amide bonds. The Bertz CT molecular complexity index is 334. The molecule has 0 radical (unpaired) electrons. The Hall–Kier alpha value is -1.14. The van der Waals surface area contributed by atoms with Gasteiger partial charge in [0.05, 0.1) is 13.1 Å². The van der Waals surface area contributed by atoms with Gasteiger partial charge in [0.25, 0.3) is 0 Å². The van der Waals surface area contributed by atoms with Gasteiger partial charge in [-0.2, -0.15) is 0 Å². The van der Waals surface area contributed by atoms with Crippen molar-refractivity contribution in [2.45, 2.75) is 32.7 Å². The lowest BCUT2D eigenvalue weighted by Crippen LogP contribution is -2.46. The lowest BCUT2D eigenvalue weighted by molar-refractivity contribution is -0.136. The quantitative estimate of drug-likeness (QED) is 0.701. The fourth-order valence-electron chi connectivity index (χ4n) is 2.44. The van der Waals surface area contributed by atoms with E-state index >= 15 is 0 Å². The maximum atomic E-state index is 12.1. The molecular formula is C14H27N3O3. The largest absolute Gasteiger partial charge is 0.480 e. The molecule has 0 bridgehead atoms. The molecule has 1 rings (SSSR count). The topological polar surface area (TPSA) is 72.9 Å². The van der Waals surface area contributed by atoms with Gasteiger partial charge >= 0.3 is 5.97 Å². The van der Waals surface area contributed by atoms with E-state index < -0.39 is 5.97 Å². The number of likely N-dealkylation sites (N-methyl/N-ethyl adjacent to an activating group) is 1. The standard InChI is InChI=1S/C14H27N3O3/c1-11(2)16(3)13(18)10-17-6-4-5-12(9-17)7-15-8-14(19)20/h11-12,15H,4-10H2,1-3H3,(H,19,20). The van der Waals surface area contributed by atoms with Crippen molar-refractivity contribution in [3.63, 3.8) is 0 Å². The van der Waals surface area contributed by atoms with E-state index in [-0.39, 0.29) is 18.5 Å². The molecule has 0 spiro atoms. The monoisotopic (exact) mass is 285 g/mol. The van der Waals surface area contributed by atoms with Crippen LogP contribution in [0.5, 0.6) is 0 Å². The van der Waals surface area contributed by atoms with E-state index in [1.807, 2.05) is 20.9 Å². The molecule has 1 atom stereocenters. The second-order valence-electron chi connectivity index (χ2n) is 5.87. The Balaban J connectivity index is 2.33. The van der Waals surface area contributed by atoms with E-state index in [9.17, 15) is 9.59 Å². The fourth-order valence-corrected chi connectivity index (χ4v) is 2.44. The van der Waals surface area contributed by atoms with Crippen molar-refractivity contribution in [3.05, 3.63) is 0 Å². The average molecular weight is 285 g/mol. The van der Waals surface area contributed by atoms with Gasteiger partial charge in [0.2, 0.25) is 5.91 Å². The smallest absolute Gasteiger partial charge is 0.317 e. The summed E-state index contributed by atoms with van der Waals surface area (Å²) >= 11 is 0. The Morgan fingerprint density at radius 3 is 2.75 bits per heavy atom. The predicted octanol–water partition coefficient (Wildman–Crippen LogP) is 0.239. The Morgan fingerprint density at radius 2 is 2.15 bits per heavy atom. The summed E-state index contributed by atoms with van der Waals surface area (Å²) in [6.45, 7) is 7.00. The molecule has 6 heteroatoms. The van der Waals surface area contributed by atoms with E-state index in [1.54, 1.807) is 4.90 Å². The Kier molecular flexibility index (Phi) is 6.95. The molecule has 0 saturated carbocycles. The molecule has 116 valence electrons.